The van der Waals surface area contributed by atoms with Gasteiger partial charge in [0, 0.05) is 30.8 Å². The third kappa shape index (κ3) is 4.41. The highest BCUT2D eigenvalue weighted by atomic mass is 79.9. The lowest BCUT2D eigenvalue weighted by Crippen LogP contribution is -2.48. The molecule has 0 bridgehead atoms. The van der Waals surface area contributed by atoms with Crippen LogP contribution in [0.2, 0.25) is 0 Å². The SMILES string of the molecule is Cc1nc(S(=O)(=O)N(Cc2ccc(Br)cc2)C2CCCCNC2=O)cn1C. The Labute approximate surface area is 168 Å². The van der Waals surface area contributed by atoms with Crippen molar-refractivity contribution in [3.8, 4) is 0 Å². The van der Waals surface area contributed by atoms with Crippen molar-refractivity contribution in [2.24, 2.45) is 7.05 Å². The molecule has 1 amide bonds. The number of amides is 1. The van der Waals surface area contributed by atoms with Gasteiger partial charge < -0.3 is 9.88 Å². The highest BCUT2D eigenvalue weighted by Gasteiger charge is 2.37. The molecule has 3 rings (SSSR count). The zero-order chi connectivity index (χ0) is 19.6. The van der Waals surface area contributed by atoms with Gasteiger partial charge in [-0.05, 0) is 43.9 Å². The van der Waals surface area contributed by atoms with Crippen molar-refractivity contribution in [1.82, 2.24) is 19.2 Å². The predicted octanol–water partition coefficient (Wildman–Crippen LogP) is 2.35. The largest absolute Gasteiger partial charge is 0.355 e. The molecular weight excluding hydrogens is 432 g/mol. The molecule has 27 heavy (non-hydrogen) atoms. The second-order valence-corrected chi connectivity index (χ2v) is 9.47. The normalized spacial score (nSPS) is 18.4. The van der Waals surface area contributed by atoms with Crippen molar-refractivity contribution in [3.63, 3.8) is 0 Å². The van der Waals surface area contributed by atoms with E-state index in [1.54, 1.807) is 18.5 Å². The molecule has 146 valence electrons. The molecule has 1 fully saturated rings. The molecule has 1 saturated heterocycles. The van der Waals surface area contributed by atoms with Gasteiger partial charge in [-0.25, -0.2) is 13.4 Å². The molecule has 2 aromatic rings. The van der Waals surface area contributed by atoms with Crippen LogP contribution in [0, 0.1) is 6.92 Å². The third-order valence-electron chi connectivity index (χ3n) is 4.77. The molecule has 0 saturated carbocycles. The number of halogens is 1. The molecule has 1 aromatic heterocycles. The minimum absolute atomic E-state index is 0.0309. The zero-order valence-corrected chi connectivity index (χ0v) is 17.8. The first-order valence-corrected chi connectivity index (χ1v) is 11.1. The number of carbonyl (C=O) groups is 1. The Morgan fingerprint density at radius 1 is 1.30 bits per heavy atom. The minimum atomic E-state index is -3.93. The van der Waals surface area contributed by atoms with Gasteiger partial charge >= 0.3 is 0 Å². The summed E-state index contributed by atoms with van der Waals surface area (Å²) in [6.07, 6.45) is 3.62. The van der Waals surface area contributed by atoms with Crippen LogP contribution in [0.25, 0.3) is 0 Å². The molecule has 9 heteroatoms. The van der Waals surface area contributed by atoms with Crippen LogP contribution in [-0.2, 0) is 28.4 Å². The quantitative estimate of drug-likeness (QED) is 0.751. The number of rotatable bonds is 5. The van der Waals surface area contributed by atoms with Crippen molar-refractivity contribution in [1.29, 1.82) is 0 Å². The zero-order valence-electron chi connectivity index (χ0n) is 15.4. The summed E-state index contributed by atoms with van der Waals surface area (Å²) in [5.41, 5.74) is 0.812. The first-order valence-electron chi connectivity index (χ1n) is 8.83. The number of hydrogen-bond acceptors (Lipinski definition) is 4. The molecule has 1 aromatic carbocycles. The van der Waals surface area contributed by atoms with E-state index in [4.69, 9.17) is 0 Å². The second-order valence-electron chi connectivity index (χ2n) is 6.72. The van der Waals surface area contributed by atoms with Crippen LogP contribution < -0.4 is 5.32 Å². The predicted molar refractivity (Wildman–Crippen MR) is 105 cm³/mol. The van der Waals surface area contributed by atoms with E-state index in [2.05, 4.69) is 26.2 Å². The van der Waals surface area contributed by atoms with Crippen LogP contribution in [0.4, 0.5) is 0 Å². The summed E-state index contributed by atoms with van der Waals surface area (Å²) in [7, 11) is -2.18. The van der Waals surface area contributed by atoms with Gasteiger partial charge in [0.2, 0.25) is 5.91 Å². The Morgan fingerprint density at radius 2 is 2.00 bits per heavy atom. The molecular formula is C18H23BrN4O3S. The Kier molecular flexibility index (Phi) is 6.02. The van der Waals surface area contributed by atoms with Crippen LogP contribution in [0.15, 0.2) is 40.0 Å². The number of sulfonamides is 1. The van der Waals surface area contributed by atoms with Crippen LogP contribution in [-0.4, -0.2) is 40.8 Å². The lowest BCUT2D eigenvalue weighted by Gasteiger charge is -2.28. The Balaban J connectivity index is 2.02. The van der Waals surface area contributed by atoms with Gasteiger partial charge in [0.05, 0.1) is 0 Å². The Hall–Kier alpha value is -1.71. The first kappa shape index (κ1) is 20.0. The average molecular weight is 455 g/mol. The van der Waals surface area contributed by atoms with E-state index in [1.165, 1.54) is 10.5 Å². The molecule has 1 N–H and O–H groups in total. The Morgan fingerprint density at radius 3 is 2.63 bits per heavy atom. The maximum atomic E-state index is 13.4. The number of aryl methyl sites for hydroxylation is 2. The summed E-state index contributed by atoms with van der Waals surface area (Å²) in [4.78, 5) is 16.8. The highest BCUT2D eigenvalue weighted by molar-refractivity contribution is 9.10. The standard InChI is InChI=1S/C18H23BrN4O3S/c1-13-21-17(12-22(13)2)27(25,26)23(11-14-6-8-15(19)9-7-14)16-5-3-4-10-20-18(16)24/h6-9,12,16H,3-5,10-11H2,1-2H3,(H,20,24). The van der Waals surface area contributed by atoms with E-state index in [0.717, 1.165) is 22.9 Å². The molecule has 1 aliphatic heterocycles. The third-order valence-corrected chi connectivity index (χ3v) is 7.02. The van der Waals surface area contributed by atoms with Crippen molar-refractivity contribution in [3.05, 3.63) is 46.3 Å². The number of nitrogens with one attached hydrogen (secondary N) is 1. The summed E-state index contributed by atoms with van der Waals surface area (Å²) in [6, 6.07) is 6.68. The van der Waals surface area contributed by atoms with Crippen molar-refractivity contribution in [2.45, 2.75) is 43.8 Å². The molecule has 0 spiro atoms. The number of hydrogen-bond donors (Lipinski definition) is 1. The second kappa shape index (κ2) is 8.12. The molecule has 1 aliphatic rings. The minimum Gasteiger partial charge on any atom is -0.355 e. The lowest BCUT2D eigenvalue weighted by molar-refractivity contribution is -0.124. The van der Waals surface area contributed by atoms with Gasteiger partial charge in [0.15, 0.2) is 5.03 Å². The molecule has 2 heterocycles. The van der Waals surface area contributed by atoms with Gasteiger partial charge in [0.25, 0.3) is 10.0 Å². The van der Waals surface area contributed by atoms with Crippen LogP contribution >= 0.6 is 15.9 Å². The fraction of sp³-hybridized carbons (Fsp3) is 0.444. The summed E-state index contributed by atoms with van der Waals surface area (Å²) in [6.45, 7) is 2.43. The first-order chi connectivity index (χ1) is 12.8. The van der Waals surface area contributed by atoms with Crippen LogP contribution in [0.5, 0.6) is 0 Å². The van der Waals surface area contributed by atoms with Gasteiger partial charge in [-0.3, -0.25) is 4.79 Å². The van der Waals surface area contributed by atoms with Gasteiger partial charge in [-0.15, -0.1) is 0 Å². The maximum absolute atomic E-state index is 13.4. The number of nitrogens with zero attached hydrogens (tertiary/aromatic N) is 3. The van der Waals surface area contributed by atoms with E-state index in [1.807, 2.05) is 24.3 Å². The van der Waals surface area contributed by atoms with Gasteiger partial charge in [-0.2, -0.15) is 4.31 Å². The molecule has 7 nitrogen and oxygen atoms in total. The topological polar surface area (TPSA) is 84.3 Å². The maximum Gasteiger partial charge on any atom is 0.263 e. The summed E-state index contributed by atoms with van der Waals surface area (Å²) < 4.78 is 30.6. The monoisotopic (exact) mass is 454 g/mol. The van der Waals surface area contributed by atoms with Gasteiger partial charge in [-0.1, -0.05) is 28.1 Å². The fourth-order valence-corrected chi connectivity index (χ4v) is 5.00. The number of imidazole rings is 1. The molecule has 0 radical (unpaired) electrons. The average Bonchev–Trinajstić information content (AvgIpc) is 2.84. The fourth-order valence-electron chi connectivity index (χ4n) is 3.10. The van der Waals surface area contributed by atoms with E-state index < -0.39 is 16.1 Å². The summed E-state index contributed by atoms with van der Waals surface area (Å²) in [5, 5.41) is 2.80. The summed E-state index contributed by atoms with van der Waals surface area (Å²) in [5.74, 6) is 0.350. The van der Waals surface area contributed by atoms with Gasteiger partial charge in [0.1, 0.15) is 11.9 Å². The smallest absolute Gasteiger partial charge is 0.263 e. The van der Waals surface area contributed by atoms with E-state index in [9.17, 15) is 13.2 Å². The van der Waals surface area contributed by atoms with Crippen molar-refractivity contribution >= 4 is 31.9 Å². The van der Waals surface area contributed by atoms with E-state index >= 15 is 0 Å². The van der Waals surface area contributed by atoms with Crippen LogP contribution in [0.1, 0.15) is 30.7 Å². The highest BCUT2D eigenvalue weighted by Crippen LogP contribution is 2.25. The molecule has 1 unspecified atom stereocenters. The van der Waals surface area contributed by atoms with Crippen molar-refractivity contribution in [2.75, 3.05) is 6.54 Å². The number of benzene rings is 1. The van der Waals surface area contributed by atoms with E-state index in [-0.39, 0.29) is 17.5 Å². The summed E-state index contributed by atoms with van der Waals surface area (Å²) >= 11 is 3.39. The van der Waals surface area contributed by atoms with Crippen molar-refractivity contribution < 1.29 is 13.2 Å². The number of aromatic nitrogens is 2. The van der Waals surface area contributed by atoms with Crippen LogP contribution in [0.3, 0.4) is 0 Å². The molecule has 1 atom stereocenters. The number of carbonyl (C=O) groups excluding carboxylic acids is 1. The molecule has 0 aliphatic carbocycles. The van der Waals surface area contributed by atoms with E-state index in [0.29, 0.717) is 18.8 Å². The lowest BCUT2D eigenvalue weighted by atomic mass is 10.1. The Bertz CT molecular complexity index is 905.